The molecular weight excluding hydrogens is 486 g/mol. The monoisotopic (exact) mass is 506 g/mol. The van der Waals surface area contributed by atoms with E-state index in [4.69, 9.17) is 21.1 Å². The summed E-state index contributed by atoms with van der Waals surface area (Å²) in [7, 11) is 8.30. The number of nitrogens with zero attached hydrogens (tertiary/aromatic N) is 3. The van der Waals surface area contributed by atoms with Gasteiger partial charge in [0, 0.05) is 46.9 Å². The quantitative estimate of drug-likeness (QED) is 0.458. The predicted molar refractivity (Wildman–Crippen MR) is 120 cm³/mol. The summed E-state index contributed by atoms with van der Waals surface area (Å²) in [5.74, 6) is 0.127. The van der Waals surface area contributed by atoms with Gasteiger partial charge in [0.15, 0.2) is 22.0 Å². The lowest BCUT2D eigenvalue weighted by molar-refractivity contribution is -0.631. The Kier molecular flexibility index (Phi) is 4.57. The van der Waals surface area contributed by atoms with Crippen LogP contribution in [-0.4, -0.2) is 75.1 Å². The number of carbonyl (C=O) groups is 1. The van der Waals surface area contributed by atoms with Gasteiger partial charge in [0.25, 0.3) is 0 Å². The summed E-state index contributed by atoms with van der Waals surface area (Å²) in [5, 5.41) is 24.0. The molecule has 2 bridgehead atoms. The highest BCUT2D eigenvalue weighted by atomic mass is 35.5. The van der Waals surface area contributed by atoms with E-state index in [9.17, 15) is 19.9 Å². The lowest BCUT2D eigenvalue weighted by Crippen LogP contribution is -2.72. The van der Waals surface area contributed by atoms with Gasteiger partial charge in [0.2, 0.25) is 6.04 Å². The first-order valence-electron chi connectivity index (χ1n) is 9.45. The van der Waals surface area contributed by atoms with Crippen molar-refractivity contribution in [2.24, 2.45) is 0 Å². The molecule has 1 aromatic rings. The van der Waals surface area contributed by atoms with Crippen LogP contribution in [0.4, 0.5) is 5.69 Å². The van der Waals surface area contributed by atoms with Crippen LogP contribution in [0.25, 0.3) is 0 Å². The fourth-order valence-electron chi connectivity index (χ4n) is 5.41. The van der Waals surface area contributed by atoms with Gasteiger partial charge in [0.1, 0.15) is 12.3 Å². The Morgan fingerprint density at radius 1 is 1.26 bits per heavy atom. The van der Waals surface area contributed by atoms with Crippen molar-refractivity contribution in [1.29, 1.82) is 0 Å². The Morgan fingerprint density at radius 3 is 2.52 bits per heavy atom. The lowest BCUT2D eigenvalue weighted by Gasteiger charge is -2.45. The Morgan fingerprint density at radius 2 is 1.90 bits per heavy atom. The highest BCUT2D eigenvalue weighted by molar-refractivity contribution is 9.10. The summed E-state index contributed by atoms with van der Waals surface area (Å²) in [5.41, 5.74) is -1.11. The Balaban J connectivity index is 1.82. The number of ether oxygens (including phenoxy) is 2. The molecule has 5 aliphatic rings. The predicted octanol–water partition coefficient (Wildman–Crippen LogP) is 2.16. The largest absolute Gasteiger partial charge is 0.491 e. The first-order valence-corrected chi connectivity index (χ1v) is 13.3. The molecule has 4 fully saturated rings. The first-order chi connectivity index (χ1) is 14.5. The number of piperazine rings is 1. The summed E-state index contributed by atoms with van der Waals surface area (Å²) in [6, 6.07) is 0.756. The van der Waals surface area contributed by atoms with Gasteiger partial charge in [-0.05, 0) is 26.7 Å². The summed E-state index contributed by atoms with van der Waals surface area (Å²) >= 11 is 6.43. The van der Waals surface area contributed by atoms with Gasteiger partial charge in [-0.3, -0.25) is 9.69 Å². The molecule has 9 nitrogen and oxygen atoms in total. The van der Waals surface area contributed by atoms with Crippen LogP contribution in [0, 0.1) is 4.91 Å². The van der Waals surface area contributed by atoms with Crippen LogP contribution in [-0.2, 0) is 10.4 Å². The second-order valence-electron chi connectivity index (χ2n) is 8.18. The zero-order valence-corrected chi connectivity index (χ0v) is 20.5. The maximum atomic E-state index is 13.7. The highest BCUT2D eigenvalue weighted by Crippen LogP contribution is 2.70. The molecule has 13 heteroatoms. The van der Waals surface area contributed by atoms with E-state index in [-0.39, 0.29) is 10.8 Å². The zero-order valence-electron chi connectivity index (χ0n) is 17.3. The number of anilines is 1. The number of halogens is 1. The third-order valence-corrected chi connectivity index (χ3v) is 12.4. The van der Waals surface area contributed by atoms with Gasteiger partial charge in [0.05, 0.1) is 24.9 Å². The highest BCUT2D eigenvalue weighted by Gasteiger charge is 2.84. The van der Waals surface area contributed by atoms with Crippen LogP contribution in [0.3, 0.4) is 0 Å². The van der Waals surface area contributed by atoms with Crippen molar-refractivity contribution in [3.8, 4) is 11.5 Å². The summed E-state index contributed by atoms with van der Waals surface area (Å²) in [6.07, 6.45) is -2.44. The van der Waals surface area contributed by atoms with Gasteiger partial charge in [-0.15, -0.1) is 0 Å². The number of aliphatic hydroxyl groups excluding tert-OH is 1. The number of carbonyl (C=O) groups excluding carboxylic acids is 1. The van der Waals surface area contributed by atoms with Crippen molar-refractivity contribution in [3.63, 3.8) is 0 Å². The van der Waals surface area contributed by atoms with Crippen molar-refractivity contribution in [1.82, 2.24) is 4.90 Å². The van der Waals surface area contributed by atoms with Crippen molar-refractivity contribution >= 4 is 54.6 Å². The zero-order chi connectivity index (χ0) is 22.7. The van der Waals surface area contributed by atoms with Gasteiger partial charge in [-0.2, -0.15) is 0 Å². The Bertz CT molecular complexity index is 1050. The molecule has 5 heterocycles. The van der Waals surface area contributed by atoms with E-state index >= 15 is 0 Å². The maximum absolute atomic E-state index is 13.7. The number of hydrogen-bond acceptors (Lipinski definition) is 10. The molecule has 1 aromatic carbocycles. The number of rotatable bonds is 2. The molecule has 31 heavy (non-hydrogen) atoms. The van der Waals surface area contributed by atoms with Gasteiger partial charge >= 0.3 is 10.8 Å². The van der Waals surface area contributed by atoms with E-state index in [2.05, 4.69) is 0 Å². The van der Waals surface area contributed by atoms with Crippen molar-refractivity contribution in [2.75, 3.05) is 26.2 Å². The minimum atomic E-state index is -1.90. The topological polar surface area (TPSA) is 103 Å². The number of nitroso groups, excluding NO2 is 1. The van der Waals surface area contributed by atoms with E-state index < -0.39 is 39.6 Å². The SMILES string of the molecule is COc1c(Cl)cc2c(c1OC)N(C)C1N3C(=O)C4(C)SSSC3(C(C)[N+]4=O)C(O)C21O. The van der Waals surface area contributed by atoms with E-state index in [1.54, 1.807) is 25.8 Å². The Hall–Kier alpha value is -1.05. The van der Waals surface area contributed by atoms with Crippen molar-refractivity contribution < 1.29 is 29.2 Å². The molecule has 4 saturated heterocycles. The van der Waals surface area contributed by atoms with E-state index in [0.717, 1.165) is 15.6 Å². The molecule has 6 rings (SSSR count). The summed E-state index contributed by atoms with van der Waals surface area (Å²) < 4.78 is 11.7. The van der Waals surface area contributed by atoms with Crippen molar-refractivity contribution in [2.45, 2.75) is 47.5 Å². The summed E-state index contributed by atoms with van der Waals surface area (Å²) in [4.78, 5) is 27.3. The third-order valence-electron chi connectivity index (χ3n) is 6.90. The molecule has 0 aliphatic carbocycles. The number of amides is 1. The molecule has 2 N–H and O–H groups in total. The van der Waals surface area contributed by atoms with Crippen LogP contribution in [0.2, 0.25) is 5.02 Å². The standard InChI is InChI=1S/C18H21ClN3O6S3/c1-7-18-13(23)17(25)8-6-9(19)11(27-4)12(28-5)10(8)20(3)14(17)21(18)15(24)16(2,22(7)26)29-31-30-18/h6-7,13-14,23,25H,1-5H3/q+1. The molecule has 1 amide bonds. The van der Waals surface area contributed by atoms with E-state index in [1.807, 2.05) is 0 Å². The normalized spacial score (nSPS) is 40.6. The number of aliphatic hydroxyl groups is 2. The maximum Gasteiger partial charge on any atom is 0.341 e. The average molecular weight is 507 g/mol. The van der Waals surface area contributed by atoms with Crippen LogP contribution in [0.15, 0.2) is 6.07 Å². The fourth-order valence-corrected chi connectivity index (χ4v) is 11.8. The molecule has 5 aliphatic heterocycles. The van der Waals surface area contributed by atoms with E-state index in [1.165, 1.54) is 45.8 Å². The number of benzene rings is 1. The molecular formula is C18H21ClN3O6S3+. The average Bonchev–Trinajstić information content (AvgIpc) is 2.97. The minimum Gasteiger partial charge on any atom is -0.491 e. The van der Waals surface area contributed by atoms with Gasteiger partial charge < -0.3 is 24.6 Å². The van der Waals surface area contributed by atoms with Crippen LogP contribution in [0.1, 0.15) is 19.4 Å². The fraction of sp³-hybridized carbons (Fsp3) is 0.611. The number of fused-ring (bicyclic) bond motifs is 6. The third kappa shape index (κ3) is 2.15. The molecule has 1 spiro atoms. The lowest BCUT2D eigenvalue weighted by atomic mass is 9.85. The second kappa shape index (κ2) is 6.51. The number of hydrogen-bond donors (Lipinski definition) is 2. The van der Waals surface area contributed by atoms with Gasteiger partial charge in [-0.25, -0.2) is 0 Å². The number of likely N-dealkylation sites (N-methyl/N-ethyl adjacent to an activating group) is 1. The minimum absolute atomic E-state index is 0.200. The molecule has 0 saturated carbocycles. The second-order valence-corrected chi connectivity index (χ2v) is 13.1. The van der Waals surface area contributed by atoms with Crippen LogP contribution in [0.5, 0.6) is 11.5 Å². The number of methoxy groups -OCH3 is 2. The van der Waals surface area contributed by atoms with Crippen LogP contribution < -0.4 is 14.4 Å². The van der Waals surface area contributed by atoms with Gasteiger partial charge in [-0.1, -0.05) is 11.6 Å². The summed E-state index contributed by atoms with van der Waals surface area (Å²) in [6.45, 7) is 3.26. The van der Waals surface area contributed by atoms with E-state index in [0.29, 0.717) is 17.0 Å². The molecule has 6 atom stereocenters. The molecule has 0 radical (unpaired) electrons. The molecule has 0 aromatic heterocycles. The Labute approximate surface area is 195 Å². The molecule has 6 unspecified atom stereocenters. The first kappa shape index (κ1) is 21.8. The smallest absolute Gasteiger partial charge is 0.341 e. The van der Waals surface area contributed by atoms with Crippen LogP contribution >= 0.6 is 43.0 Å². The van der Waals surface area contributed by atoms with Crippen molar-refractivity contribution in [3.05, 3.63) is 21.6 Å². The molecule has 168 valence electrons.